The summed E-state index contributed by atoms with van der Waals surface area (Å²) < 4.78 is 0. The number of carbonyl (C=O) groups is 1. The van der Waals surface area contributed by atoms with E-state index in [1.807, 2.05) is 17.4 Å². The molecule has 1 aliphatic carbocycles. The fraction of sp³-hybridized carbons (Fsp3) is 0.609. The van der Waals surface area contributed by atoms with E-state index in [1.54, 1.807) is 12.4 Å². The van der Waals surface area contributed by atoms with Crippen LogP contribution >= 0.6 is 11.3 Å². The number of likely N-dealkylation sites (tertiary alicyclic amines) is 1. The van der Waals surface area contributed by atoms with Crippen molar-refractivity contribution in [2.45, 2.75) is 39.2 Å². The lowest BCUT2D eigenvalue weighted by molar-refractivity contribution is -0.132. The highest BCUT2D eigenvalue weighted by Crippen LogP contribution is 2.44. The van der Waals surface area contributed by atoms with Crippen LogP contribution < -0.4 is 10.2 Å². The van der Waals surface area contributed by atoms with Crippen LogP contribution in [0.3, 0.4) is 0 Å². The zero-order valence-corrected chi connectivity index (χ0v) is 18.5. The van der Waals surface area contributed by atoms with E-state index in [2.05, 4.69) is 43.5 Å². The van der Waals surface area contributed by atoms with Gasteiger partial charge in [0.05, 0.1) is 5.41 Å². The summed E-state index contributed by atoms with van der Waals surface area (Å²) in [5.41, 5.74) is 1.04. The highest BCUT2D eigenvalue weighted by molar-refractivity contribution is 7.10. The quantitative estimate of drug-likeness (QED) is 0.771. The average molecular weight is 426 g/mol. The number of fused-ring (bicyclic) bond motifs is 1. The van der Waals surface area contributed by atoms with Gasteiger partial charge in [-0.05, 0) is 68.1 Å². The Morgan fingerprint density at radius 1 is 1.30 bits per heavy atom. The smallest absolute Gasteiger partial charge is 0.228 e. The van der Waals surface area contributed by atoms with Gasteiger partial charge in [-0.15, -0.1) is 11.3 Å². The molecule has 160 valence electrons. The zero-order chi connectivity index (χ0) is 20.6. The Bertz CT molecular complexity index is 883. The lowest BCUT2D eigenvalue weighted by atomic mass is 9.74. The second-order valence-corrected chi connectivity index (χ2v) is 10.3. The highest BCUT2D eigenvalue weighted by Gasteiger charge is 2.53. The van der Waals surface area contributed by atoms with Crippen LogP contribution in [0.1, 0.15) is 36.1 Å². The summed E-state index contributed by atoms with van der Waals surface area (Å²) in [6, 6.07) is 4.05. The van der Waals surface area contributed by atoms with E-state index in [0.717, 1.165) is 58.1 Å². The molecule has 2 atom stereocenters. The maximum atomic E-state index is 13.5. The molecule has 4 heterocycles. The summed E-state index contributed by atoms with van der Waals surface area (Å²) in [6.45, 7) is 7.62. The predicted octanol–water partition coefficient (Wildman–Crippen LogP) is 3.09. The SMILES string of the molecule is Cc1ccsc1CN1CCC[C@]2(C(=O)NCC3CC3)CN(c3ncccn3)C[C@@H]2C1. The first kappa shape index (κ1) is 19.9. The van der Waals surface area contributed by atoms with Gasteiger partial charge in [0.1, 0.15) is 0 Å². The molecule has 0 unspecified atom stereocenters. The van der Waals surface area contributed by atoms with Crippen molar-refractivity contribution in [3.05, 3.63) is 40.3 Å². The fourth-order valence-electron chi connectivity index (χ4n) is 5.14. The number of amides is 1. The fourth-order valence-corrected chi connectivity index (χ4v) is 6.08. The molecule has 2 saturated heterocycles. The monoisotopic (exact) mass is 425 g/mol. The van der Waals surface area contributed by atoms with E-state index < -0.39 is 0 Å². The lowest BCUT2D eigenvalue weighted by Crippen LogP contribution is -2.48. The van der Waals surface area contributed by atoms with E-state index in [9.17, 15) is 4.79 Å². The first-order valence-electron chi connectivity index (χ1n) is 11.2. The van der Waals surface area contributed by atoms with Gasteiger partial charge < -0.3 is 10.2 Å². The van der Waals surface area contributed by atoms with Gasteiger partial charge in [0.25, 0.3) is 0 Å². The van der Waals surface area contributed by atoms with Gasteiger partial charge >= 0.3 is 0 Å². The summed E-state index contributed by atoms with van der Waals surface area (Å²) in [5, 5.41) is 5.51. The van der Waals surface area contributed by atoms with Crippen LogP contribution in [-0.4, -0.2) is 53.5 Å². The average Bonchev–Trinajstić information content (AvgIpc) is 3.45. The highest BCUT2D eigenvalue weighted by atomic mass is 32.1. The molecule has 2 aliphatic heterocycles. The van der Waals surface area contributed by atoms with E-state index in [1.165, 1.54) is 23.3 Å². The van der Waals surface area contributed by atoms with Crippen molar-refractivity contribution in [3.63, 3.8) is 0 Å². The Labute approximate surface area is 182 Å². The zero-order valence-electron chi connectivity index (χ0n) is 17.7. The number of nitrogens with one attached hydrogen (secondary N) is 1. The van der Waals surface area contributed by atoms with Crippen LogP contribution in [0.5, 0.6) is 0 Å². The third kappa shape index (κ3) is 3.97. The molecule has 7 heteroatoms. The van der Waals surface area contributed by atoms with Gasteiger partial charge in [-0.1, -0.05) is 0 Å². The Kier molecular flexibility index (Phi) is 5.50. The van der Waals surface area contributed by atoms with Crippen molar-refractivity contribution in [2.24, 2.45) is 17.3 Å². The van der Waals surface area contributed by atoms with E-state index in [0.29, 0.717) is 11.8 Å². The summed E-state index contributed by atoms with van der Waals surface area (Å²) in [4.78, 5) is 28.8. The van der Waals surface area contributed by atoms with Crippen LogP contribution in [0.25, 0.3) is 0 Å². The number of aryl methyl sites for hydroxylation is 1. The van der Waals surface area contributed by atoms with Crippen molar-refractivity contribution in [1.82, 2.24) is 20.2 Å². The number of hydrogen-bond donors (Lipinski definition) is 1. The lowest BCUT2D eigenvalue weighted by Gasteiger charge is -2.32. The Balaban J connectivity index is 1.38. The molecule has 3 aliphatic rings. The van der Waals surface area contributed by atoms with E-state index in [4.69, 9.17) is 0 Å². The van der Waals surface area contributed by atoms with Gasteiger partial charge in [-0.3, -0.25) is 9.69 Å². The van der Waals surface area contributed by atoms with Crippen molar-refractivity contribution in [1.29, 1.82) is 0 Å². The van der Waals surface area contributed by atoms with E-state index >= 15 is 0 Å². The molecule has 0 spiro atoms. The number of carbonyl (C=O) groups excluding carboxylic acids is 1. The maximum Gasteiger partial charge on any atom is 0.228 e. The maximum absolute atomic E-state index is 13.5. The summed E-state index contributed by atoms with van der Waals surface area (Å²) in [7, 11) is 0. The molecular formula is C23H31N5OS. The van der Waals surface area contributed by atoms with Gasteiger partial charge in [-0.2, -0.15) is 0 Å². The van der Waals surface area contributed by atoms with E-state index in [-0.39, 0.29) is 11.3 Å². The molecular weight excluding hydrogens is 394 g/mol. The molecule has 30 heavy (non-hydrogen) atoms. The molecule has 0 aromatic carbocycles. The molecule has 6 nitrogen and oxygen atoms in total. The molecule has 5 rings (SSSR count). The van der Waals surface area contributed by atoms with Crippen molar-refractivity contribution >= 4 is 23.2 Å². The Morgan fingerprint density at radius 2 is 2.13 bits per heavy atom. The Morgan fingerprint density at radius 3 is 2.87 bits per heavy atom. The minimum atomic E-state index is -0.340. The summed E-state index contributed by atoms with van der Waals surface area (Å²) in [6.07, 6.45) is 8.10. The first-order valence-corrected chi connectivity index (χ1v) is 12.1. The van der Waals surface area contributed by atoms with Crippen LogP contribution in [0.4, 0.5) is 5.95 Å². The van der Waals surface area contributed by atoms with Crippen LogP contribution in [0, 0.1) is 24.2 Å². The predicted molar refractivity (Wildman–Crippen MR) is 119 cm³/mol. The van der Waals surface area contributed by atoms with Crippen molar-refractivity contribution < 1.29 is 4.79 Å². The molecule has 1 amide bonds. The molecule has 0 radical (unpaired) electrons. The van der Waals surface area contributed by atoms with Crippen LogP contribution in [0.2, 0.25) is 0 Å². The molecule has 2 aromatic rings. The van der Waals surface area contributed by atoms with Crippen LogP contribution in [-0.2, 0) is 11.3 Å². The largest absolute Gasteiger partial charge is 0.355 e. The molecule has 3 fully saturated rings. The second kappa shape index (κ2) is 8.27. The Hall–Kier alpha value is -1.99. The third-order valence-electron chi connectivity index (χ3n) is 7.14. The minimum Gasteiger partial charge on any atom is -0.355 e. The molecule has 1 saturated carbocycles. The topological polar surface area (TPSA) is 61.4 Å². The number of anilines is 1. The molecule has 0 bridgehead atoms. The second-order valence-electron chi connectivity index (χ2n) is 9.30. The molecule has 2 aromatic heterocycles. The third-order valence-corrected chi connectivity index (χ3v) is 8.15. The van der Waals surface area contributed by atoms with Crippen molar-refractivity contribution in [3.8, 4) is 0 Å². The number of thiophene rings is 1. The number of rotatable bonds is 6. The standard InChI is InChI=1S/C23H31N5OS/c1-17-6-11-30-20(17)15-27-10-2-7-23(21(29)26-12-18-4-5-18)16-28(14-19(23)13-27)22-24-8-3-9-25-22/h3,6,8-9,11,18-19H,2,4-5,7,10,12-16H2,1H3,(H,26,29)/t19-,23-/m0/s1. The van der Waals surface area contributed by atoms with Crippen LogP contribution in [0.15, 0.2) is 29.9 Å². The minimum absolute atomic E-state index is 0.256. The van der Waals surface area contributed by atoms with Gasteiger partial charge in [0.2, 0.25) is 11.9 Å². The summed E-state index contributed by atoms with van der Waals surface area (Å²) in [5.74, 6) is 2.00. The van der Waals surface area contributed by atoms with Gasteiger partial charge in [0, 0.05) is 55.9 Å². The van der Waals surface area contributed by atoms with Gasteiger partial charge in [-0.25, -0.2) is 9.97 Å². The number of nitrogens with zero attached hydrogens (tertiary/aromatic N) is 4. The van der Waals surface area contributed by atoms with Gasteiger partial charge in [0.15, 0.2) is 0 Å². The molecule has 1 N–H and O–H groups in total. The number of aromatic nitrogens is 2. The summed E-state index contributed by atoms with van der Waals surface area (Å²) >= 11 is 1.84. The first-order chi connectivity index (χ1) is 14.6. The number of hydrogen-bond acceptors (Lipinski definition) is 6. The van der Waals surface area contributed by atoms with Crippen molar-refractivity contribution in [2.75, 3.05) is 37.6 Å². The normalized spacial score (nSPS) is 27.0.